The summed E-state index contributed by atoms with van der Waals surface area (Å²) in [5.41, 5.74) is 4.84. The molecule has 1 aliphatic rings. The quantitative estimate of drug-likeness (QED) is 0.235. The number of carbonyl (C=O) groups excluding carboxylic acids is 2. The molecule has 3 aromatic carbocycles. The highest BCUT2D eigenvalue weighted by atomic mass is 19.1. The number of aliphatic hydroxyl groups is 1. The molecule has 0 radical (unpaired) electrons. The van der Waals surface area contributed by atoms with Crippen molar-refractivity contribution in [3.63, 3.8) is 0 Å². The number of nitrogens with one attached hydrogen (secondary N) is 1. The topological polar surface area (TPSA) is 74.6 Å². The van der Waals surface area contributed by atoms with Gasteiger partial charge in [0.25, 0.3) is 0 Å². The maximum Gasteiger partial charge on any atom is 0.183 e. The lowest BCUT2D eigenvalue weighted by Crippen LogP contribution is -2.35. The largest absolute Gasteiger partial charge is 0.393 e. The van der Waals surface area contributed by atoms with Gasteiger partial charge in [-0.15, -0.1) is 0 Å². The number of hydrogen-bond acceptors (Lipinski definition) is 5. The van der Waals surface area contributed by atoms with E-state index in [1.54, 1.807) is 12.1 Å². The predicted octanol–water partition coefficient (Wildman–Crippen LogP) is 6.20. The summed E-state index contributed by atoms with van der Waals surface area (Å²) in [5.74, 6) is -0.452. The number of rotatable bonds is 10. The minimum Gasteiger partial charge on any atom is -0.393 e. The second-order valence-corrected chi connectivity index (χ2v) is 10.3. The highest BCUT2D eigenvalue weighted by Gasteiger charge is 2.18. The molecule has 1 fully saturated rings. The fourth-order valence-electron chi connectivity index (χ4n) is 5.12. The van der Waals surface area contributed by atoms with Gasteiger partial charge in [0.05, 0.1) is 17.5 Å². The molecule has 206 valence electrons. The lowest BCUT2D eigenvalue weighted by Gasteiger charge is -2.31. The average molecular weight is 540 g/mol. The molecule has 0 saturated carbocycles. The van der Waals surface area contributed by atoms with Gasteiger partial charge in [-0.25, -0.2) is 4.39 Å². The first kappa shape index (κ1) is 27.3. The van der Waals surface area contributed by atoms with E-state index in [0.717, 1.165) is 43.7 Å². The Kier molecular flexibility index (Phi) is 8.41. The van der Waals surface area contributed by atoms with Crippen LogP contribution >= 0.6 is 0 Å². The summed E-state index contributed by atoms with van der Waals surface area (Å²) in [6, 6.07) is 23.4. The Hall–Kier alpha value is -4.23. The zero-order valence-corrected chi connectivity index (χ0v) is 22.6. The number of ketones is 2. The van der Waals surface area contributed by atoms with Crippen LogP contribution in [-0.4, -0.2) is 40.4 Å². The standard InChI is InChI=1S/C33H34FN3O3/c1-2-36-17-3-4-31(36)33(40)21-23-5-10-26(11-6-23)35-30-14-7-24(20-29(30)34)22-32(39)25-8-12-27(13-9-25)37-18-15-28(38)16-19-37/h3-14,17,20,28,35,38H,2,15-16,18-19,21-22H2,1H3. The van der Waals surface area contributed by atoms with Gasteiger partial charge in [-0.05, 0) is 91.6 Å². The minimum atomic E-state index is -0.437. The van der Waals surface area contributed by atoms with Crippen molar-refractivity contribution in [3.8, 4) is 0 Å². The summed E-state index contributed by atoms with van der Waals surface area (Å²) in [7, 11) is 0. The van der Waals surface area contributed by atoms with E-state index >= 15 is 0 Å². The number of aryl methyl sites for hydroxylation is 1. The van der Waals surface area contributed by atoms with Crippen LogP contribution in [0.4, 0.5) is 21.5 Å². The zero-order chi connectivity index (χ0) is 28.1. The molecule has 2 heterocycles. The van der Waals surface area contributed by atoms with Crippen LogP contribution in [0.15, 0.2) is 85.1 Å². The van der Waals surface area contributed by atoms with Crippen LogP contribution in [0.1, 0.15) is 51.7 Å². The van der Waals surface area contributed by atoms with Crippen molar-refractivity contribution in [3.05, 3.63) is 113 Å². The summed E-state index contributed by atoms with van der Waals surface area (Å²) in [4.78, 5) is 27.7. The van der Waals surface area contributed by atoms with Gasteiger partial charge in [0, 0.05) is 55.6 Å². The third kappa shape index (κ3) is 6.49. The first-order valence-corrected chi connectivity index (χ1v) is 13.8. The van der Waals surface area contributed by atoms with Crippen LogP contribution in [0.2, 0.25) is 0 Å². The fraction of sp³-hybridized carbons (Fsp3) is 0.273. The van der Waals surface area contributed by atoms with Crippen molar-refractivity contribution in [1.82, 2.24) is 4.57 Å². The maximum absolute atomic E-state index is 14.9. The third-order valence-electron chi connectivity index (χ3n) is 7.47. The Morgan fingerprint density at radius 2 is 1.57 bits per heavy atom. The molecule has 1 aromatic heterocycles. The number of aromatic nitrogens is 1. The van der Waals surface area contributed by atoms with E-state index < -0.39 is 5.82 Å². The van der Waals surface area contributed by atoms with Gasteiger partial charge in [-0.3, -0.25) is 9.59 Å². The number of aliphatic hydroxyl groups excluding tert-OH is 1. The smallest absolute Gasteiger partial charge is 0.183 e. The van der Waals surface area contributed by atoms with E-state index in [1.807, 2.05) is 78.4 Å². The SMILES string of the molecule is CCn1cccc1C(=O)Cc1ccc(Nc2ccc(CC(=O)c3ccc(N4CCC(O)CC4)cc3)cc2F)cc1. The first-order chi connectivity index (χ1) is 19.4. The van der Waals surface area contributed by atoms with Crippen LogP contribution in [-0.2, 0) is 19.4 Å². The van der Waals surface area contributed by atoms with E-state index in [-0.39, 0.29) is 24.1 Å². The van der Waals surface area contributed by atoms with Crippen molar-refractivity contribution < 1.29 is 19.1 Å². The van der Waals surface area contributed by atoms with E-state index in [1.165, 1.54) is 6.07 Å². The molecule has 4 aromatic rings. The van der Waals surface area contributed by atoms with Crippen molar-refractivity contribution in [2.75, 3.05) is 23.3 Å². The van der Waals surface area contributed by atoms with Crippen molar-refractivity contribution in [1.29, 1.82) is 0 Å². The Morgan fingerprint density at radius 1 is 0.900 bits per heavy atom. The highest BCUT2D eigenvalue weighted by Crippen LogP contribution is 2.24. The molecule has 0 spiro atoms. The third-order valence-corrected chi connectivity index (χ3v) is 7.47. The second-order valence-electron chi connectivity index (χ2n) is 10.3. The molecule has 0 atom stereocenters. The number of hydrogen-bond donors (Lipinski definition) is 2. The summed E-state index contributed by atoms with van der Waals surface area (Å²) in [5, 5.41) is 12.8. The Bertz CT molecular complexity index is 1470. The normalized spacial score (nSPS) is 13.8. The summed E-state index contributed by atoms with van der Waals surface area (Å²) < 4.78 is 16.8. The molecular weight excluding hydrogens is 505 g/mol. The van der Waals surface area contributed by atoms with Crippen LogP contribution in [0, 0.1) is 5.82 Å². The molecule has 0 aliphatic carbocycles. The number of halogens is 1. The van der Waals surface area contributed by atoms with E-state index in [2.05, 4.69) is 10.2 Å². The number of piperidine rings is 1. The van der Waals surface area contributed by atoms with Crippen molar-refractivity contribution >= 4 is 28.6 Å². The Balaban J connectivity index is 1.16. The summed E-state index contributed by atoms with van der Waals surface area (Å²) >= 11 is 0. The van der Waals surface area contributed by atoms with Gasteiger partial charge in [0.2, 0.25) is 0 Å². The molecule has 2 N–H and O–H groups in total. The molecule has 7 heteroatoms. The molecule has 0 unspecified atom stereocenters. The number of benzene rings is 3. The number of anilines is 3. The number of Topliss-reactive ketones (excluding diaryl/α,β-unsaturated/α-hetero) is 2. The van der Waals surface area contributed by atoms with Gasteiger partial charge in [0.15, 0.2) is 11.6 Å². The molecule has 1 saturated heterocycles. The summed E-state index contributed by atoms with van der Waals surface area (Å²) in [6.45, 7) is 4.34. The molecule has 40 heavy (non-hydrogen) atoms. The summed E-state index contributed by atoms with van der Waals surface area (Å²) in [6.07, 6.45) is 3.57. The number of nitrogens with zero attached hydrogens (tertiary/aromatic N) is 2. The molecule has 0 amide bonds. The highest BCUT2D eigenvalue weighted by molar-refractivity contribution is 5.98. The maximum atomic E-state index is 14.9. The average Bonchev–Trinajstić information content (AvgIpc) is 3.45. The zero-order valence-electron chi connectivity index (χ0n) is 22.6. The molecule has 0 bridgehead atoms. The fourth-order valence-corrected chi connectivity index (χ4v) is 5.12. The molecule has 6 nitrogen and oxygen atoms in total. The van der Waals surface area contributed by atoms with Crippen molar-refractivity contribution in [2.24, 2.45) is 0 Å². The van der Waals surface area contributed by atoms with Gasteiger partial charge in [-0.2, -0.15) is 0 Å². The minimum absolute atomic E-state index is 0.0578. The lowest BCUT2D eigenvalue weighted by molar-refractivity contribution is 0.0979. The Labute approximate surface area is 234 Å². The lowest BCUT2D eigenvalue weighted by atomic mass is 10.0. The molecule has 5 rings (SSSR count). The Morgan fingerprint density at radius 3 is 2.25 bits per heavy atom. The van der Waals surface area contributed by atoms with Gasteiger partial charge < -0.3 is 19.9 Å². The molecule has 1 aliphatic heterocycles. The first-order valence-electron chi connectivity index (χ1n) is 13.8. The van der Waals surface area contributed by atoms with Gasteiger partial charge in [0.1, 0.15) is 5.82 Å². The van der Waals surface area contributed by atoms with E-state index in [9.17, 15) is 19.1 Å². The van der Waals surface area contributed by atoms with Crippen LogP contribution in [0.5, 0.6) is 0 Å². The van der Waals surface area contributed by atoms with Crippen LogP contribution < -0.4 is 10.2 Å². The number of carbonyl (C=O) groups is 2. The van der Waals surface area contributed by atoms with Crippen LogP contribution in [0.25, 0.3) is 0 Å². The van der Waals surface area contributed by atoms with Gasteiger partial charge >= 0.3 is 0 Å². The predicted molar refractivity (Wildman–Crippen MR) is 156 cm³/mol. The van der Waals surface area contributed by atoms with Crippen molar-refractivity contribution in [2.45, 2.75) is 45.3 Å². The van der Waals surface area contributed by atoms with E-state index in [0.29, 0.717) is 34.6 Å². The van der Waals surface area contributed by atoms with Crippen LogP contribution in [0.3, 0.4) is 0 Å². The monoisotopic (exact) mass is 539 g/mol. The van der Waals surface area contributed by atoms with E-state index in [4.69, 9.17) is 0 Å². The van der Waals surface area contributed by atoms with Gasteiger partial charge in [-0.1, -0.05) is 18.2 Å². The molecular formula is C33H34FN3O3. The second kappa shape index (κ2) is 12.3.